The number of carbonyl (C=O) groups excluding carboxylic acids is 2. The molecule has 1 amide bonds. The highest BCUT2D eigenvalue weighted by atomic mass is 32.2. The van der Waals surface area contributed by atoms with Gasteiger partial charge < -0.3 is 9.64 Å². The standard InChI is InChI=1S/C20H20FNO3S/c21-17-9-5-4-8-16(17)19-12-22(10-11-25-19)20(24)14-26-13-18(23)15-6-2-1-3-7-15/h1-9,19H,10-14H2. The first kappa shape index (κ1) is 18.6. The topological polar surface area (TPSA) is 46.6 Å². The molecule has 0 saturated carbocycles. The Morgan fingerprint density at radius 1 is 1.08 bits per heavy atom. The van der Waals surface area contributed by atoms with E-state index in [9.17, 15) is 14.0 Å². The molecule has 1 fully saturated rings. The van der Waals surface area contributed by atoms with Crippen molar-refractivity contribution in [3.05, 3.63) is 71.5 Å². The van der Waals surface area contributed by atoms with E-state index in [0.29, 0.717) is 30.8 Å². The molecule has 0 bridgehead atoms. The summed E-state index contributed by atoms with van der Waals surface area (Å²) in [5, 5.41) is 0. The molecule has 1 unspecified atom stereocenters. The molecule has 136 valence electrons. The average Bonchev–Trinajstić information content (AvgIpc) is 2.69. The smallest absolute Gasteiger partial charge is 0.232 e. The second-order valence-corrected chi connectivity index (χ2v) is 6.99. The first-order chi connectivity index (χ1) is 12.6. The van der Waals surface area contributed by atoms with Crippen molar-refractivity contribution >= 4 is 23.5 Å². The number of carbonyl (C=O) groups is 2. The summed E-state index contributed by atoms with van der Waals surface area (Å²) in [6.07, 6.45) is -0.454. The summed E-state index contributed by atoms with van der Waals surface area (Å²) < 4.78 is 19.6. The van der Waals surface area contributed by atoms with Crippen molar-refractivity contribution < 1.29 is 18.7 Å². The maximum atomic E-state index is 13.9. The van der Waals surface area contributed by atoms with E-state index in [1.165, 1.54) is 17.8 Å². The molecule has 2 aromatic rings. The number of halogens is 1. The zero-order valence-corrected chi connectivity index (χ0v) is 15.1. The van der Waals surface area contributed by atoms with Gasteiger partial charge in [-0.25, -0.2) is 4.39 Å². The van der Waals surface area contributed by atoms with Gasteiger partial charge in [-0.05, 0) is 6.07 Å². The van der Waals surface area contributed by atoms with Crippen LogP contribution in [0.5, 0.6) is 0 Å². The molecule has 1 heterocycles. The van der Waals surface area contributed by atoms with Crippen molar-refractivity contribution in [3.8, 4) is 0 Å². The molecule has 1 saturated heterocycles. The third kappa shape index (κ3) is 4.71. The Bertz CT molecular complexity index is 769. The molecule has 26 heavy (non-hydrogen) atoms. The summed E-state index contributed by atoms with van der Waals surface area (Å²) in [4.78, 5) is 26.2. The van der Waals surface area contributed by atoms with Crippen LogP contribution in [0.3, 0.4) is 0 Å². The normalized spacial score (nSPS) is 17.1. The van der Waals surface area contributed by atoms with Crippen molar-refractivity contribution in [1.82, 2.24) is 4.90 Å². The molecule has 4 nitrogen and oxygen atoms in total. The summed E-state index contributed by atoms with van der Waals surface area (Å²) >= 11 is 1.30. The van der Waals surface area contributed by atoms with Gasteiger partial charge in [0.15, 0.2) is 5.78 Å². The number of ether oxygens (including phenoxy) is 1. The summed E-state index contributed by atoms with van der Waals surface area (Å²) in [5.41, 5.74) is 1.12. The molecule has 0 aromatic heterocycles. The summed E-state index contributed by atoms with van der Waals surface area (Å²) in [6.45, 7) is 1.18. The highest BCUT2D eigenvalue weighted by molar-refractivity contribution is 8.00. The van der Waals surface area contributed by atoms with Crippen LogP contribution < -0.4 is 0 Å². The zero-order valence-electron chi connectivity index (χ0n) is 14.3. The van der Waals surface area contributed by atoms with Gasteiger partial charge in [-0.2, -0.15) is 0 Å². The van der Waals surface area contributed by atoms with Crippen molar-refractivity contribution in [3.63, 3.8) is 0 Å². The van der Waals surface area contributed by atoms with Gasteiger partial charge in [-0.1, -0.05) is 48.5 Å². The predicted octanol–water partition coefficient (Wildman–Crippen LogP) is 3.34. The van der Waals surface area contributed by atoms with Gasteiger partial charge in [0.2, 0.25) is 5.91 Å². The number of nitrogens with zero attached hydrogens (tertiary/aromatic N) is 1. The van der Waals surface area contributed by atoms with E-state index in [0.717, 1.165) is 0 Å². The Kier molecular flexibility index (Phi) is 6.41. The SMILES string of the molecule is O=C(CSCC(=O)N1CCOC(c2ccccc2F)C1)c1ccccc1. The lowest BCUT2D eigenvalue weighted by Gasteiger charge is -2.33. The van der Waals surface area contributed by atoms with Gasteiger partial charge in [-0.15, -0.1) is 11.8 Å². The Labute approximate surface area is 156 Å². The number of thioether (sulfide) groups is 1. The van der Waals surface area contributed by atoms with E-state index in [4.69, 9.17) is 4.74 Å². The molecule has 0 spiro atoms. The van der Waals surface area contributed by atoms with Gasteiger partial charge in [0.05, 0.1) is 24.7 Å². The van der Waals surface area contributed by atoms with E-state index >= 15 is 0 Å². The number of amides is 1. The van der Waals surface area contributed by atoms with Crippen molar-refractivity contribution in [2.45, 2.75) is 6.10 Å². The molecule has 1 aliphatic heterocycles. The monoisotopic (exact) mass is 373 g/mol. The number of ketones is 1. The van der Waals surface area contributed by atoms with E-state index in [1.54, 1.807) is 35.2 Å². The van der Waals surface area contributed by atoms with Gasteiger partial charge in [0.25, 0.3) is 0 Å². The number of Topliss-reactive ketones (excluding diaryl/α,β-unsaturated/α-hetero) is 1. The average molecular weight is 373 g/mol. The molecular formula is C20H20FNO3S. The zero-order chi connectivity index (χ0) is 18.4. The Hall–Kier alpha value is -2.18. The Morgan fingerprint density at radius 3 is 2.58 bits per heavy atom. The van der Waals surface area contributed by atoms with Crippen LogP contribution >= 0.6 is 11.8 Å². The van der Waals surface area contributed by atoms with Crippen LogP contribution in [0.1, 0.15) is 22.0 Å². The summed E-state index contributed by atoms with van der Waals surface area (Å²) in [5.74, 6) is 0.115. The van der Waals surface area contributed by atoms with E-state index in [2.05, 4.69) is 0 Å². The number of morpholine rings is 1. The number of benzene rings is 2. The van der Waals surface area contributed by atoms with Crippen LogP contribution in [-0.2, 0) is 9.53 Å². The summed E-state index contributed by atoms with van der Waals surface area (Å²) in [6, 6.07) is 15.5. The van der Waals surface area contributed by atoms with Crippen molar-refractivity contribution in [1.29, 1.82) is 0 Å². The first-order valence-corrected chi connectivity index (χ1v) is 9.60. The molecule has 0 N–H and O–H groups in total. The molecule has 0 aliphatic carbocycles. The minimum atomic E-state index is -0.454. The minimum Gasteiger partial charge on any atom is -0.370 e. The van der Waals surface area contributed by atoms with Crippen LogP contribution in [-0.4, -0.2) is 47.8 Å². The second-order valence-electron chi connectivity index (χ2n) is 6.00. The lowest BCUT2D eigenvalue weighted by Crippen LogP contribution is -2.43. The highest BCUT2D eigenvalue weighted by Gasteiger charge is 2.27. The van der Waals surface area contributed by atoms with Crippen LogP contribution in [0.25, 0.3) is 0 Å². The largest absolute Gasteiger partial charge is 0.370 e. The van der Waals surface area contributed by atoms with E-state index in [1.807, 2.05) is 18.2 Å². The molecule has 2 aromatic carbocycles. The third-order valence-electron chi connectivity index (χ3n) is 4.23. The van der Waals surface area contributed by atoms with Crippen LogP contribution in [0, 0.1) is 5.82 Å². The maximum absolute atomic E-state index is 13.9. The highest BCUT2D eigenvalue weighted by Crippen LogP contribution is 2.25. The predicted molar refractivity (Wildman–Crippen MR) is 99.8 cm³/mol. The molecule has 6 heteroatoms. The first-order valence-electron chi connectivity index (χ1n) is 8.45. The summed E-state index contributed by atoms with van der Waals surface area (Å²) in [7, 11) is 0. The fourth-order valence-corrected chi connectivity index (χ4v) is 3.64. The Morgan fingerprint density at radius 2 is 1.81 bits per heavy atom. The fourth-order valence-electron chi connectivity index (χ4n) is 2.83. The van der Waals surface area contributed by atoms with Crippen molar-refractivity contribution in [2.24, 2.45) is 0 Å². The molecule has 1 atom stereocenters. The molecule has 1 aliphatic rings. The van der Waals surface area contributed by atoms with E-state index in [-0.39, 0.29) is 29.0 Å². The molecule has 3 rings (SSSR count). The van der Waals surface area contributed by atoms with Crippen LogP contribution in [0.15, 0.2) is 54.6 Å². The molecule has 0 radical (unpaired) electrons. The van der Waals surface area contributed by atoms with Crippen LogP contribution in [0.4, 0.5) is 4.39 Å². The van der Waals surface area contributed by atoms with Gasteiger partial charge in [-0.3, -0.25) is 9.59 Å². The Balaban J connectivity index is 1.50. The number of rotatable bonds is 6. The second kappa shape index (κ2) is 8.96. The molecular weight excluding hydrogens is 353 g/mol. The fraction of sp³-hybridized carbons (Fsp3) is 0.300. The van der Waals surface area contributed by atoms with Crippen molar-refractivity contribution in [2.75, 3.05) is 31.2 Å². The van der Waals surface area contributed by atoms with Gasteiger partial charge in [0.1, 0.15) is 11.9 Å². The van der Waals surface area contributed by atoms with Gasteiger partial charge >= 0.3 is 0 Å². The minimum absolute atomic E-state index is 0.00890. The number of hydrogen-bond donors (Lipinski definition) is 0. The van der Waals surface area contributed by atoms with Gasteiger partial charge in [0, 0.05) is 17.7 Å². The van der Waals surface area contributed by atoms with Crippen LogP contribution in [0.2, 0.25) is 0 Å². The third-order valence-corrected chi connectivity index (χ3v) is 5.14. The number of hydrogen-bond acceptors (Lipinski definition) is 4. The quantitative estimate of drug-likeness (QED) is 0.729. The lowest BCUT2D eigenvalue weighted by molar-refractivity contribution is -0.136. The lowest BCUT2D eigenvalue weighted by atomic mass is 10.1. The maximum Gasteiger partial charge on any atom is 0.232 e. The van der Waals surface area contributed by atoms with E-state index < -0.39 is 6.10 Å².